The Morgan fingerprint density at radius 1 is 1.33 bits per heavy atom. The molecule has 0 fully saturated rings. The molecule has 5 heteroatoms. The van der Waals surface area contributed by atoms with Gasteiger partial charge in [-0.1, -0.05) is 0 Å². The molecule has 1 aromatic carbocycles. The summed E-state index contributed by atoms with van der Waals surface area (Å²) in [7, 11) is 0. The molecule has 2 N–H and O–H groups in total. The maximum absolute atomic E-state index is 5.72. The lowest BCUT2D eigenvalue weighted by Crippen LogP contribution is -1.89. The smallest absolute Gasteiger partial charge is 0.165 e. The second kappa shape index (κ2) is 3.20. The Bertz CT molecular complexity index is 509. The Labute approximate surface area is 91.0 Å². The second-order valence-corrected chi connectivity index (χ2v) is 3.95. The quantitative estimate of drug-likeness (QED) is 0.793. The average Bonchev–Trinajstić information content (AvgIpc) is 2.84. The molecule has 0 saturated carbocycles. The van der Waals surface area contributed by atoms with Crippen LogP contribution in [0, 0.1) is 0 Å². The molecule has 15 heavy (non-hydrogen) atoms. The van der Waals surface area contributed by atoms with Crippen molar-refractivity contribution >= 4 is 17.5 Å². The molecule has 1 aliphatic heterocycles. The molecule has 2 aromatic rings. The van der Waals surface area contributed by atoms with Crippen molar-refractivity contribution in [3.05, 3.63) is 23.8 Å². The van der Waals surface area contributed by atoms with Gasteiger partial charge in [-0.05, 0) is 23.8 Å². The third-order valence-electron chi connectivity index (χ3n) is 2.48. The highest BCUT2D eigenvalue weighted by atomic mass is 32.1. The molecule has 0 amide bonds. The predicted molar refractivity (Wildman–Crippen MR) is 59.0 cm³/mol. The lowest BCUT2D eigenvalue weighted by atomic mass is 10.1. The van der Waals surface area contributed by atoms with E-state index in [1.54, 1.807) is 0 Å². The Morgan fingerprint density at radius 2 is 2.27 bits per heavy atom. The number of nitrogens with two attached hydrogens (primary N) is 1. The lowest BCUT2D eigenvalue weighted by molar-refractivity contribution is 0.357. The van der Waals surface area contributed by atoms with Crippen LogP contribution in [0.2, 0.25) is 0 Å². The number of nitrogen functional groups attached to an aromatic ring is 1. The van der Waals surface area contributed by atoms with E-state index in [9.17, 15) is 0 Å². The first kappa shape index (κ1) is 8.67. The molecule has 76 valence electrons. The largest absolute Gasteiger partial charge is 0.493 e. The standard InChI is InChI=1S/C10H9N3OS/c11-10-9(12-15-13-10)7-1-2-8-6(5-7)3-4-14-8/h1-2,5H,3-4H2,(H2,11,13). The van der Waals surface area contributed by atoms with Gasteiger partial charge >= 0.3 is 0 Å². The zero-order valence-corrected chi connectivity index (χ0v) is 8.75. The van der Waals surface area contributed by atoms with Gasteiger partial charge in [-0.25, -0.2) is 0 Å². The number of aromatic nitrogens is 2. The van der Waals surface area contributed by atoms with Crippen LogP contribution in [0.3, 0.4) is 0 Å². The molecule has 1 aliphatic rings. The fourth-order valence-electron chi connectivity index (χ4n) is 1.73. The van der Waals surface area contributed by atoms with Crippen LogP contribution in [0.4, 0.5) is 5.82 Å². The number of fused-ring (bicyclic) bond motifs is 1. The summed E-state index contributed by atoms with van der Waals surface area (Å²) in [5.41, 5.74) is 8.74. The van der Waals surface area contributed by atoms with E-state index in [2.05, 4.69) is 14.8 Å². The van der Waals surface area contributed by atoms with Crippen LogP contribution in [0.5, 0.6) is 5.75 Å². The summed E-state index contributed by atoms with van der Waals surface area (Å²) in [6.45, 7) is 0.767. The van der Waals surface area contributed by atoms with Crippen LogP contribution in [-0.4, -0.2) is 15.4 Å². The van der Waals surface area contributed by atoms with Crippen molar-refractivity contribution in [2.75, 3.05) is 12.3 Å². The first-order valence-electron chi connectivity index (χ1n) is 4.69. The van der Waals surface area contributed by atoms with Crippen molar-refractivity contribution < 1.29 is 4.74 Å². The SMILES string of the molecule is Nc1nsnc1-c1ccc2c(c1)CCO2. The van der Waals surface area contributed by atoms with Crippen LogP contribution in [0.15, 0.2) is 18.2 Å². The fraction of sp³-hybridized carbons (Fsp3) is 0.200. The zero-order valence-electron chi connectivity index (χ0n) is 7.93. The summed E-state index contributed by atoms with van der Waals surface area (Å²) in [4.78, 5) is 0. The van der Waals surface area contributed by atoms with E-state index in [0.29, 0.717) is 5.82 Å². The number of benzene rings is 1. The van der Waals surface area contributed by atoms with Crippen molar-refractivity contribution in [3.63, 3.8) is 0 Å². The van der Waals surface area contributed by atoms with Gasteiger partial charge in [0.05, 0.1) is 18.3 Å². The molecular formula is C10H9N3OS. The summed E-state index contributed by atoms with van der Waals surface area (Å²) in [6, 6.07) is 6.02. The van der Waals surface area contributed by atoms with E-state index in [1.807, 2.05) is 12.1 Å². The number of anilines is 1. The van der Waals surface area contributed by atoms with E-state index >= 15 is 0 Å². The summed E-state index contributed by atoms with van der Waals surface area (Å²) >= 11 is 1.14. The molecule has 0 bridgehead atoms. The van der Waals surface area contributed by atoms with Crippen molar-refractivity contribution in [1.82, 2.24) is 8.75 Å². The van der Waals surface area contributed by atoms with E-state index in [0.717, 1.165) is 41.8 Å². The molecule has 0 spiro atoms. The fourth-order valence-corrected chi connectivity index (χ4v) is 2.23. The molecule has 0 atom stereocenters. The van der Waals surface area contributed by atoms with Gasteiger partial charge in [-0.3, -0.25) is 0 Å². The second-order valence-electron chi connectivity index (χ2n) is 3.42. The van der Waals surface area contributed by atoms with E-state index in [4.69, 9.17) is 10.5 Å². The van der Waals surface area contributed by atoms with Gasteiger partial charge in [0, 0.05) is 12.0 Å². The van der Waals surface area contributed by atoms with Crippen LogP contribution >= 0.6 is 11.7 Å². The lowest BCUT2D eigenvalue weighted by Gasteiger charge is -2.01. The van der Waals surface area contributed by atoms with Gasteiger partial charge in [-0.2, -0.15) is 8.75 Å². The Hall–Kier alpha value is -1.62. The number of nitrogens with zero attached hydrogens (tertiary/aromatic N) is 2. The number of hydrogen-bond acceptors (Lipinski definition) is 5. The van der Waals surface area contributed by atoms with Crippen LogP contribution < -0.4 is 10.5 Å². The Balaban J connectivity index is 2.11. The highest BCUT2D eigenvalue weighted by Gasteiger charge is 2.14. The van der Waals surface area contributed by atoms with Crippen LogP contribution in [-0.2, 0) is 6.42 Å². The number of rotatable bonds is 1. The highest BCUT2D eigenvalue weighted by Crippen LogP contribution is 2.31. The first-order chi connectivity index (χ1) is 7.34. The van der Waals surface area contributed by atoms with E-state index in [-0.39, 0.29) is 0 Å². The molecule has 2 heterocycles. The van der Waals surface area contributed by atoms with Crippen molar-refractivity contribution in [3.8, 4) is 17.0 Å². The third-order valence-corrected chi connectivity index (χ3v) is 3.02. The molecule has 0 unspecified atom stereocenters. The van der Waals surface area contributed by atoms with Crippen molar-refractivity contribution in [2.24, 2.45) is 0 Å². The molecule has 1 aromatic heterocycles. The maximum atomic E-state index is 5.72. The predicted octanol–water partition coefficient (Wildman–Crippen LogP) is 1.72. The van der Waals surface area contributed by atoms with E-state index in [1.165, 1.54) is 5.56 Å². The minimum Gasteiger partial charge on any atom is -0.493 e. The molecule has 0 radical (unpaired) electrons. The van der Waals surface area contributed by atoms with Gasteiger partial charge in [0.15, 0.2) is 5.82 Å². The molecular weight excluding hydrogens is 210 g/mol. The molecule has 0 aliphatic carbocycles. The summed E-state index contributed by atoms with van der Waals surface area (Å²) in [5, 5.41) is 0. The topological polar surface area (TPSA) is 61.0 Å². The average molecular weight is 219 g/mol. The molecule has 3 rings (SSSR count). The highest BCUT2D eigenvalue weighted by molar-refractivity contribution is 6.99. The Kier molecular flexibility index (Phi) is 1.85. The van der Waals surface area contributed by atoms with Gasteiger partial charge < -0.3 is 10.5 Å². The normalized spacial score (nSPS) is 13.6. The minimum atomic E-state index is 0.499. The third kappa shape index (κ3) is 1.35. The van der Waals surface area contributed by atoms with Crippen molar-refractivity contribution in [2.45, 2.75) is 6.42 Å². The van der Waals surface area contributed by atoms with Crippen molar-refractivity contribution in [1.29, 1.82) is 0 Å². The van der Waals surface area contributed by atoms with Gasteiger partial charge in [0.2, 0.25) is 0 Å². The summed E-state index contributed by atoms with van der Waals surface area (Å²) < 4.78 is 13.6. The monoisotopic (exact) mass is 219 g/mol. The summed E-state index contributed by atoms with van der Waals surface area (Å²) in [6.07, 6.45) is 0.959. The summed E-state index contributed by atoms with van der Waals surface area (Å²) in [5.74, 6) is 1.47. The van der Waals surface area contributed by atoms with E-state index < -0.39 is 0 Å². The molecule has 4 nitrogen and oxygen atoms in total. The maximum Gasteiger partial charge on any atom is 0.165 e. The number of ether oxygens (including phenoxy) is 1. The van der Waals surface area contributed by atoms with Gasteiger partial charge in [0.25, 0.3) is 0 Å². The Morgan fingerprint density at radius 3 is 3.07 bits per heavy atom. The number of hydrogen-bond donors (Lipinski definition) is 1. The van der Waals surface area contributed by atoms with Crippen LogP contribution in [0.1, 0.15) is 5.56 Å². The molecule has 0 saturated heterocycles. The van der Waals surface area contributed by atoms with Crippen LogP contribution in [0.25, 0.3) is 11.3 Å². The minimum absolute atomic E-state index is 0.499. The zero-order chi connectivity index (χ0) is 10.3. The first-order valence-corrected chi connectivity index (χ1v) is 5.42. The van der Waals surface area contributed by atoms with Gasteiger partial charge in [0.1, 0.15) is 11.4 Å². The van der Waals surface area contributed by atoms with Gasteiger partial charge in [-0.15, -0.1) is 0 Å².